The zero-order valence-electron chi connectivity index (χ0n) is 38.1. The largest absolute Gasteiger partial charge is 0.462 e. The Kier molecular flexibility index (Phi) is 44.9. The molecule has 0 aromatic heterocycles. The van der Waals surface area contributed by atoms with Crippen molar-refractivity contribution < 1.29 is 28.6 Å². The molecule has 0 rings (SSSR count). The van der Waals surface area contributed by atoms with E-state index in [1.54, 1.807) is 0 Å². The van der Waals surface area contributed by atoms with Gasteiger partial charge in [0.2, 0.25) is 0 Å². The van der Waals surface area contributed by atoms with Crippen LogP contribution in [-0.2, 0) is 28.6 Å². The molecule has 0 N–H and O–H groups in total. The van der Waals surface area contributed by atoms with Crippen molar-refractivity contribution in [2.24, 2.45) is 0 Å². The van der Waals surface area contributed by atoms with E-state index >= 15 is 0 Å². The summed E-state index contributed by atoms with van der Waals surface area (Å²) in [5.74, 6) is -0.887. The molecule has 6 heteroatoms. The number of carbonyl (C=O) groups is 3. The van der Waals surface area contributed by atoms with Crippen LogP contribution in [0.2, 0.25) is 0 Å². The summed E-state index contributed by atoms with van der Waals surface area (Å²) in [5.41, 5.74) is 0. The summed E-state index contributed by atoms with van der Waals surface area (Å²) in [6.07, 6.45) is 51.6. The molecule has 0 bridgehead atoms. The van der Waals surface area contributed by atoms with Crippen molar-refractivity contribution in [1.82, 2.24) is 0 Å². The van der Waals surface area contributed by atoms with E-state index in [4.69, 9.17) is 14.2 Å². The molecular weight excluding hydrogens is 709 g/mol. The Morgan fingerprint density at radius 3 is 0.912 bits per heavy atom. The van der Waals surface area contributed by atoms with Gasteiger partial charge in [-0.3, -0.25) is 14.4 Å². The zero-order valence-corrected chi connectivity index (χ0v) is 38.1. The van der Waals surface area contributed by atoms with E-state index in [1.165, 1.54) is 154 Å². The van der Waals surface area contributed by atoms with E-state index in [-0.39, 0.29) is 31.1 Å². The van der Waals surface area contributed by atoms with E-state index in [1.807, 2.05) is 0 Å². The Hall–Kier alpha value is -2.11. The summed E-state index contributed by atoms with van der Waals surface area (Å²) >= 11 is 0. The molecule has 0 aromatic carbocycles. The van der Waals surface area contributed by atoms with Crippen LogP contribution >= 0.6 is 0 Å². The average molecular weight is 803 g/mol. The summed E-state index contributed by atoms with van der Waals surface area (Å²) in [4.78, 5) is 37.8. The predicted octanol–water partition coefficient (Wildman–Crippen LogP) is 16.0. The molecule has 0 radical (unpaired) electrons. The van der Waals surface area contributed by atoms with Gasteiger partial charge in [0.15, 0.2) is 6.10 Å². The Bertz CT molecular complexity index is 927. The van der Waals surface area contributed by atoms with Gasteiger partial charge in [-0.15, -0.1) is 0 Å². The number of carbonyl (C=O) groups excluding carboxylic acids is 3. The zero-order chi connectivity index (χ0) is 41.5. The van der Waals surface area contributed by atoms with Crippen LogP contribution in [0, 0.1) is 0 Å². The van der Waals surface area contributed by atoms with E-state index < -0.39 is 6.10 Å². The maximum atomic E-state index is 12.7. The van der Waals surface area contributed by atoms with Crippen LogP contribution in [0.5, 0.6) is 0 Å². The lowest BCUT2D eigenvalue weighted by atomic mass is 10.1. The maximum Gasteiger partial charge on any atom is 0.306 e. The summed E-state index contributed by atoms with van der Waals surface area (Å²) in [5, 5.41) is 0. The number of unbranched alkanes of at least 4 members (excludes halogenated alkanes) is 30. The third kappa shape index (κ3) is 44.8. The van der Waals surface area contributed by atoms with Gasteiger partial charge in [0.1, 0.15) is 13.2 Å². The fourth-order valence-electron chi connectivity index (χ4n) is 7.14. The molecule has 0 spiro atoms. The molecule has 0 aromatic rings. The maximum absolute atomic E-state index is 12.7. The Balaban J connectivity index is 4.29. The van der Waals surface area contributed by atoms with Gasteiger partial charge in [-0.1, -0.05) is 199 Å². The van der Waals surface area contributed by atoms with E-state index in [9.17, 15) is 14.4 Å². The van der Waals surface area contributed by atoms with Crippen LogP contribution in [-0.4, -0.2) is 37.2 Å². The number of esters is 3. The quantitative estimate of drug-likeness (QED) is 0.0264. The van der Waals surface area contributed by atoms with Crippen molar-refractivity contribution in [2.45, 2.75) is 271 Å². The molecule has 0 aliphatic carbocycles. The SMILES string of the molecule is CCCCC/C=C\CCCCCCCC(=O)OC(COC(=O)CCCCCCC/C=C\CCCCCCCCCCC)COC(=O)CCCCCCCCCCC. The first-order chi connectivity index (χ1) is 28.0. The van der Waals surface area contributed by atoms with Crippen molar-refractivity contribution in [2.75, 3.05) is 13.2 Å². The Morgan fingerprint density at radius 2 is 0.579 bits per heavy atom. The second kappa shape index (κ2) is 46.6. The van der Waals surface area contributed by atoms with E-state index in [0.29, 0.717) is 19.3 Å². The van der Waals surface area contributed by atoms with Crippen molar-refractivity contribution in [3.05, 3.63) is 24.3 Å². The van der Waals surface area contributed by atoms with Crippen LogP contribution in [0.25, 0.3) is 0 Å². The lowest BCUT2D eigenvalue weighted by molar-refractivity contribution is -0.167. The van der Waals surface area contributed by atoms with Crippen molar-refractivity contribution >= 4 is 17.9 Å². The summed E-state index contributed by atoms with van der Waals surface area (Å²) in [6, 6.07) is 0. The summed E-state index contributed by atoms with van der Waals surface area (Å²) in [6.45, 7) is 6.59. The van der Waals surface area contributed by atoms with Gasteiger partial charge in [0, 0.05) is 19.3 Å². The molecule has 0 amide bonds. The van der Waals surface area contributed by atoms with Gasteiger partial charge in [-0.05, 0) is 70.6 Å². The molecule has 1 unspecified atom stereocenters. The average Bonchev–Trinajstić information content (AvgIpc) is 3.21. The van der Waals surface area contributed by atoms with Crippen LogP contribution in [0.4, 0.5) is 0 Å². The number of hydrogen-bond donors (Lipinski definition) is 0. The highest BCUT2D eigenvalue weighted by Gasteiger charge is 2.19. The Morgan fingerprint density at radius 1 is 0.333 bits per heavy atom. The van der Waals surface area contributed by atoms with Gasteiger partial charge in [-0.25, -0.2) is 0 Å². The van der Waals surface area contributed by atoms with Crippen LogP contribution in [0.15, 0.2) is 24.3 Å². The van der Waals surface area contributed by atoms with Gasteiger partial charge < -0.3 is 14.2 Å². The van der Waals surface area contributed by atoms with Gasteiger partial charge >= 0.3 is 17.9 Å². The van der Waals surface area contributed by atoms with E-state index in [0.717, 1.165) is 70.6 Å². The monoisotopic (exact) mass is 803 g/mol. The molecule has 0 aliphatic rings. The topological polar surface area (TPSA) is 78.9 Å². The first-order valence-corrected chi connectivity index (χ1v) is 24.8. The highest BCUT2D eigenvalue weighted by molar-refractivity contribution is 5.71. The van der Waals surface area contributed by atoms with E-state index in [2.05, 4.69) is 45.1 Å². The summed E-state index contributed by atoms with van der Waals surface area (Å²) < 4.78 is 16.7. The van der Waals surface area contributed by atoms with Gasteiger partial charge in [0.05, 0.1) is 0 Å². The summed E-state index contributed by atoms with van der Waals surface area (Å²) in [7, 11) is 0. The van der Waals surface area contributed by atoms with Crippen molar-refractivity contribution in [1.29, 1.82) is 0 Å². The highest BCUT2D eigenvalue weighted by atomic mass is 16.6. The second-order valence-electron chi connectivity index (χ2n) is 16.7. The minimum atomic E-state index is -0.772. The highest BCUT2D eigenvalue weighted by Crippen LogP contribution is 2.15. The third-order valence-corrected chi connectivity index (χ3v) is 10.9. The molecule has 1 atom stereocenters. The molecule has 6 nitrogen and oxygen atoms in total. The molecule has 334 valence electrons. The number of rotatable bonds is 45. The lowest BCUT2D eigenvalue weighted by Gasteiger charge is -2.18. The number of ether oxygens (including phenoxy) is 3. The fourth-order valence-corrected chi connectivity index (χ4v) is 7.14. The molecule has 0 saturated heterocycles. The molecule has 0 saturated carbocycles. The van der Waals surface area contributed by atoms with Crippen molar-refractivity contribution in [3.63, 3.8) is 0 Å². The molecule has 0 heterocycles. The predicted molar refractivity (Wildman–Crippen MR) is 243 cm³/mol. The number of allylic oxidation sites excluding steroid dienone is 4. The van der Waals surface area contributed by atoms with Crippen LogP contribution < -0.4 is 0 Å². The second-order valence-corrected chi connectivity index (χ2v) is 16.7. The molecule has 0 fully saturated rings. The van der Waals surface area contributed by atoms with Crippen molar-refractivity contribution in [3.8, 4) is 0 Å². The lowest BCUT2D eigenvalue weighted by Crippen LogP contribution is -2.30. The first kappa shape index (κ1) is 54.9. The standard InChI is InChI=1S/C51H94O6/c1-4-7-10-13-16-19-21-23-24-25-26-27-28-30-32-35-38-41-44-50(53)56-47-48(46-55-49(52)43-40-37-34-31-18-15-12-9-6-3)57-51(54)45-42-39-36-33-29-22-20-17-14-11-8-5-2/h17,20,26-27,48H,4-16,18-19,21-25,28-47H2,1-3H3/b20-17-,27-26-. The van der Waals surface area contributed by atoms with Crippen LogP contribution in [0.1, 0.15) is 265 Å². The normalized spacial score (nSPS) is 12.1. The minimum absolute atomic E-state index is 0.0745. The van der Waals surface area contributed by atoms with Gasteiger partial charge in [0.25, 0.3) is 0 Å². The first-order valence-electron chi connectivity index (χ1n) is 24.8. The smallest absolute Gasteiger partial charge is 0.306 e. The molecule has 57 heavy (non-hydrogen) atoms. The fraction of sp³-hybridized carbons (Fsp3) is 0.863. The molecular formula is C51H94O6. The van der Waals surface area contributed by atoms with Crippen LogP contribution in [0.3, 0.4) is 0 Å². The Labute approximate surface area is 353 Å². The third-order valence-electron chi connectivity index (χ3n) is 10.9. The minimum Gasteiger partial charge on any atom is -0.462 e. The molecule has 0 aliphatic heterocycles. The van der Waals surface area contributed by atoms with Gasteiger partial charge in [-0.2, -0.15) is 0 Å². The number of hydrogen-bond acceptors (Lipinski definition) is 6.